The van der Waals surface area contributed by atoms with E-state index in [2.05, 4.69) is 35.1 Å². The lowest BCUT2D eigenvalue weighted by Gasteiger charge is -2.15. The molecule has 2 aromatic heterocycles. The van der Waals surface area contributed by atoms with Gasteiger partial charge in [-0.2, -0.15) is 5.10 Å². The summed E-state index contributed by atoms with van der Waals surface area (Å²) in [6.07, 6.45) is 3.82. The zero-order valence-corrected chi connectivity index (χ0v) is 17.0. The third kappa shape index (κ3) is 3.09. The molecular weight excluding hydrogens is 364 g/mol. The lowest BCUT2D eigenvalue weighted by Crippen LogP contribution is -2.23. The van der Waals surface area contributed by atoms with E-state index in [1.54, 1.807) is 13.3 Å². The highest BCUT2D eigenvalue weighted by Gasteiger charge is 2.33. The van der Waals surface area contributed by atoms with E-state index in [9.17, 15) is 4.79 Å². The Hall–Kier alpha value is -3.15. The number of methoxy groups -OCH3 is 1. The van der Waals surface area contributed by atoms with Crippen molar-refractivity contribution in [2.75, 3.05) is 7.11 Å². The van der Waals surface area contributed by atoms with Crippen molar-refractivity contribution >= 4 is 5.91 Å². The molecule has 6 heteroatoms. The lowest BCUT2D eigenvalue weighted by molar-refractivity contribution is 0.0766. The van der Waals surface area contributed by atoms with Crippen molar-refractivity contribution in [2.45, 2.75) is 39.8 Å². The molecule has 0 saturated carbocycles. The lowest BCUT2D eigenvalue weighted by atomic mass is 9.90. The van der Waals surface area contributed by atoms with Gasteiger partial charge in [-0.3, -0.25) is 9.89 Å². The maximum atomic E-state index is 12.9. The summed E-state index contributed by atoms with van der Waals surface area (Å²) in [5.41, 5.74) is 7.77. The van der Waals surface area contributed by atoms with Gasteiger partial charge < -0.3 is 9.64 Å². The van der Waals surface area contributed by atoms with Crippen molar-refractivity contribution < 1.29 is 9.53 Å². The van der Waals surface area contributed by atoms with E-state index in [0.717, 1.165) is 40.8 Å². The molecule has 0 spiro atoms. The summed E-state index contributed by atoms with van der Waals surface area (Å²) in [7, 11) is 1.59. The van der Waals surface area contributed by atoms with E-state index in [1.165, 1.54) is 11.3 Å². The minimum Gasteiger partial charge on any atom is -0.481 e. The molecule has 5 rings (SSSR count). The molecule has 0 unspecified atom stereocenters. The van der Waals surface area contributed by atoms with Gasteiger partial charge in [0.15, 0.2) is 0 Å². The summed E-state index contributed by atoms with van der Waals surface area (Å²) < 4.78 is 5.10. The summed E-state index contributed by atoms with van der Waals surface area (Å²) in [4.78, 5) is 18.9. The molecule has 6 nitrogen and oxygen atoms in total. The predicted octanol–water partition coefficient (Wildman–Crippen LogP) is 3.76. The van der Waals surface area contributed by atoms with Crippen LogP contribution in [0.25, 0.3) is 11.3 Å². The number of amides is 1. The van der Waals surface area contributed by atoms with Gasteiger partial charge in [-0.1, -0.05) is 26.0 Å². The molecular formula is C23H24N4O2. The topological polar surface area (TPSA) is 71.1 Å². The van der Waals surface area contributed by atoms with Crippen molar-refractivity contribution in [3.05, 3.63) is 64.5 Å². The van der Waals surface area contributed by atoms with Crippen LogP contribution in [0.5, 0.6) is 5.88 Å². The number of ether oxygens (including phenoxy) is 1. The Labute approximate surface area is 169 Å². The normalized spacial score (nSPS) is 16.8. The third-order valence-corrected chi connectivity index (χ3v) is 5.90. The van der Waals surface area contributed by atoms with Crippen LogP contribution in [0.15, 0.2) is 36.5 Å². The van der Waals surface area contributed by atoms with Gasteiger partial charge in [0.2, 0.25) is 5.88 Å². The van der Waals surface area contributed by atoms with E-state index in [-0.39, 0.29) is 11.3 Å². The van der Waals surface area contributed by atoms with Crippen molar-refractivity contribution in [3.63, 3.8) is 0 Å². The number of fused-ring (bicyclic) bond motifs is 2. The number of rotatable bonds is 4. The van der Waals surface area contributed by atoms with Gasteiger partial charge >= 0.3 is 0 Å². The number of carbonyl (C=O) groups is 1. The summed E-state index contributed by atoms with van der Waals surface area (Å²) in [5, 5.41) is 7.80. The second kappa shape index (κ2) is 6.44. The number of hydrogen-bond donors (Lipinski definition) is 1. The van der Waals surface area contributed by atoms with Crippen LogP contribution >= 0.6 is 0 Å². The molecule has 29 heavy (non-hydrogen) atoms. The molecule has 1 amide bonds. The number of nitrogens with zero attached hydrogens (tertiary/aromatic N) is 3. The van der Waals surface area contributed by atoms with Crippen molar-refractivity contribution in [1.29, 1.82) is 0 Å². The smallest absolute Gasteiger partial charge is 0.254 e. The van der Waals surface area contributed by atoms with E-state index < -0.39 is 0 Å². The first-order valence-electron chi connectivity index (χ1n) is 9.91. The molecule has 0 bridgehead atoms. The first-order valence-corrected chi connectivity index (χ1v) is 9.91. The molecule has 1 aromatic carbocycles. The summed E-state index contributed by atoms with van der Waals surface area (Å²) >= 11 is 0. The monoisotopic (exact) mass is 388 g/mol. The molecule has 1 N–H and O–H groups in total. The van der Waals surface area contributed by atoms with Gasteiger partial charge in [0, 0.05) is 47.7 Å². The molecule has 0 saturated heterocycles. The fraction of sp³-hybridized carbons (Fsp3) is 0.348. The van der Waals surface area contributed by atoms with Gasteiger partial charge in [-0.05, 0) is 41.5 Å². The Morgan fingerprint density at radius 2 is 2.07 bits per heavy atom. The van der Waals surface area contributed by atoms with Crippen LogP contribution in [-0.4, -0.2) is 33.1 Å². The third-order valence-electron chi connectivity index (χ3n) is 5.90. The first kappa shape index (κ1) is 17.9. The fourth-order valence-corrected chi connectivity index (χ4v) is 4.50. The second-order valence-electron chi connectivity index (χ2n) is 8.79. The van der Waals surface area contributed by atoms with Crippen LogP contribution in [0.3, 0.4) is 0 Å². The summed E-state index contributed by atoms with van der Waals surface area (Å²) in [6, 6.07) is 9.86. The Balaban J connectivity index is 1.39. The number of carbonyl (C=O) groups excluding carboxylic acids is 1. The van der Waals surface area contributed by atoms with Crippen LogP contribution in [0.1, 0.15) is 46.6 Å². The number of pyridine rings is 1. The zero-order valence-electron chi connectivity index (χ0n) is 17.0. The van der Waals surface area contributed by atoms with E-state index in [1.807, 2.05) is 29.2 Å². The number of nitrogens with one attached hydrogen (secondary N) is 1. The maximum Gasteiger partial charge on any atom is 0.254 e. The summed E-state index contributed by atoms with van der Waals surface area (Å²) in [5.74, 6) is 0.639. The van der Waals surface area contributed by atoms with Crippen molar-refractivity contribution in [2.24, 2.45) is 5.41 Å². The van der Waals surface area contributed by atoms with Crippen LogP contribution in [0.2, 0.25) is 0 Å². The van der Waals surface area contributed by atoms with Gasteiger partial charge in [0.1, 0.15) is 0 Å². The molecule has 1 aliphatic carbocycles. The molecule has 1 aliphatic heterocycles. The van der Waals surface area contributed by atoms with Crippen LogP contribution in [0, 0.1) is 5.41 Å². The highest BCUT2D eigenvalue weighted by Crippen LogP contribution is 2.40. The quantitative estimate of drug-likeness (QED) is 0.739. The SMILES string of the molecule is COc1ccc(CN2Cc3cc(-c4n[nH]c5c4CC(C)(C)C5)ccc3C2=O)cn1. The van der Waals surface area contributed by atoms with Gasteiger partial charge in [0.05, 0.1) is 12.8 Å². The number of hydrogen-bond acceptors (Lipinski definition) is 4. The first-order chi connectivity index (χ1) is 13.9. The van der Waals surface area contributed by atoms with E-state index in [4.69, 9.17) is 4.74 Å². The van der Waals surface area contributed by atoms with Crippen LogP contribution < -0.4 is 4.74 Å². The van der Waals surface area contributed by atoms with E-state index >= 15 is 0 Å². The number of benzene rings is 1. The van der Waals surface area contributed by atoms with Gasteiger partial charge in [0.25, 0.3) is 5.91 Å². The van der Waals surface area contributed by atoms with Crippen LogP contribution in [-0.2, 0) is 25.9 Å². The minimum atomic E-state index is 0.0655. The van der Waals surface area contributed by atoms with E-state index in [0.29, 0.717) is 19.0 Å². The number of aromatic amines is 1. The van der Waals surface area contributed by atoms with Crippen molar-refractivity contribution in [3.8, 4) is 17.1 Å². The maximum absolute atomic E-state index is 12.9. The highest BCUT2D eigenvalue weighted by molar-refractivity contribution is 5.99. The Kier molecular flexibility index (Phi) is 3.98. The standard InChI is InChI=1S/C23H24N4O2/c1-23(2)9-18-19(10-23)25-26-21(18)15-5-6-17-16(8-15)13-27(22(17)28)12-14-4-7-20(29-3)24-11-14/h4-8,11H,9-10,12-13H2,1-3H3,(H,25,26). The second-order valence-corrected chi connectivity index (χ2v) is 8.79. The molecule has 0 fully saturated rings. The zero-order chi connectivity index (χ0) is 20.2. The molecule has 0 atom stereocenters. The average Bonchev–Trinajstić information content (AvgIpc) is 3.32. The van der Waals surface area contributed by atoms with Gasteiger partial charge in [-0.15, -0.1) is 0 Å². The van der Waals surface area contributed by atoms with Crippen molar-refractivity contribution in [1.82, 2.24) is 20.1 Å². The molecule has 2 aliphatic rings. The number of H-pyrrole nitrogens is 1. The molecule has 3 heterocycles. The summed E-state index contributed by atoms with van der Waals surface area (Å²) in [6.45, 7) is 5.72. The molecule has 148 valence electrons. The van der Waals surface area contributed by atoms with Crippen LogP contribution in [0.4, 0.5) is 0 Å². The minimum absolute atomic E-state index is 0.0655. The largest absolute Gasteiger partial charge is 0.481 e. The Bertz CT molecular complexity index is 1100. The average molecular weight is 388 g/mol. The Morgan fingerprint density at radius 3 is 2.83 bits per heavy atom. The van der Waals surface area contributed by atoms with Gasteiger partial charge in [-0.25, -0.2) is 4.98 Å². The predicted molar refractivity (Wildman–Crippen MR) is 110 cm³/mol. The Morgan fingerprint density at radius 1 is 1.21 bits per heavy atom. The highest BCUT2D eigenvalue weighted by atomic mass is 16.5. The number of aromatic nitrogens is 3. The molecule has 3 aromatic rings. The fourth-order valence-electron chi connectivity index (χ4n) is 4.50. The molecule has 0 radical (unpaired) electrons.